The number of ketones is 2. The lowest BCUT2D eigenvalue weighted by molar-refractivity contribution is -0.115. The Hall–Kier alpha value is -2.29. The van der Waals surface area contributed by atoms with Crippen molar-refractivity contribution in [3.8, 4) is 0 Å². The Morgan fingerprint density at radius 3 is 2.52 bits per heavy atom. The average Bonchev–Trinajstić information content (AvgIpc) is 3.03. The Kier molecular flexibility index (Phi) is 5.44. The molecule has 0 spiro atoms. The quantitative estimate of drug-likeness (QED) is 0.491. The number of Topliss-reactive ketones (excluding diaryl/α,β-unsaturated/α-hetero) is 2. The molecule has 1 aliphatic carbocycles. The standard InChI is InChI=1S/C22H19ClO6S2/c1-13-4-2-5-14(12-13)31(28,29)19-7-3-6-17(24)20(19)22(25)16-8-9-18-15(21(16)23)10-11-30(18,26)27/h2,4-5,8-9,12H,3,6-7,10-11H2,1H3. The number of rotatable bonds is 4. The monoisotopic (exact) mass is 478 g/mol. The Morgan fingerprint density at radius 2 is 1.81 bits per heavy atom. The maximum Gasteiger partial charge on any atom is 0.203 e. The van der Waals surface area contributed by atoms with E-state index < -0.39 is 31.2 Å². The second-order valence-electron chi connectivity index (χ2n) is 7.70. The summed E-state index contributed by atoms with van der Waals surface area (Å²) in [6.07, 6.45) is 0.621. The van der Waals surface area contributed by atoms with E-state index in [1.54, 1.807) is 19.1 Å². The highest BCUT2D eigenvalue weighted by molar-refractivity contribution is 7.95. The van der Waals surface area contributed by atoms with Crippen LogP contribution in [0, 0.1) is 6.92 Å². The van der Waals surface area contributed by atoms with Crippen LogP contribution in [0.3, 0.4) is 0 Å². The predicted molar refractivity (Wildman–Crippen MR) is 116 cm³/mol. The maximum absolute atomic E-state index is 13.4. The van der Waals surface area contributed by atoms with Gasteiger partial charge in [0.25, 0.3) is 0 Å². The second-order valence-corrected chi connectivity index (χ2v) is 12.1. The first kappa shape index (κ1) is 21.9. The van der Waals surface area contributed by atoms with Crippen molar-refractivity contribution in [3.63, 3.8) is 0 Å². The van der Waals surface area contributed by atoms with Crippen LogP contribution in [0.25, 0.3) is 0 Å². The van der Waals surface area contributed by atoms with E-state index in [1.165, 1.54) is 24.3 Å². The van der Waals surface area contributed by atoms with Crippen LogP contribution >= 0.6 is 11.6 Å². The fourth-order valence-electron chi connectivity index (χ4n) is 4.05. The summed E-state index contributed by atoms with van der Waals surface area (Å²) in [6, 6.07) is 8.86. The first-order valence-electron chi connectivity index (χ1n) is 9.71. The summed E-state index contributed by atoms with van der Waals surface area (Å²) in [5.41, 5.74) is 0.634. The molecule has 9 heteroatoms. The molecule has 0 amide bonds. The van der Waals surface area contributed by atoms with E-state index in [1.807, 2.05) is 0 Å². The summed E-state index contributed by atoms with van der Waals surface area (Å²) in [6.45, 7) is 1.75. The van der Waals surface area contributed by atoms with Gasteiger partial charge >= 0.3 is 0 Å². The van der Waals surface area contributed by atoms with Gasteiger partial charge in [0.05, 0.1) is 31.0 Å². The number of sulfone groups is 2. The molecule has 2 aromatic carbocycles. The summed E-state index contributed by atoms with van der Waals surface area (Å²) in [7, 11) is -7.51. The van der Waals surface area contributed by atoms with Crippen molar-refractivity contribution in [2.45, 2.75) is 42.4 Å². The third-order valence-electron chi connectivity index (χ3n) is 5.62. The molecule has 6 nitrogen and oxygen atoms in total. The van der Waals surface area contributed by atoms with Gasteiger partial charge in [0, 0.05) is 12.0 Å². The number of halogens is 1. The highest BCUT2D eigenvalue weighted by Gasteiger charge is 2.37. The van der Waals surface area contributed by atoms with E-state index in [-0.39, 0.29) is 55.9 Å². The van der Waals surface area contributed by atoms with Gasteiger partial charge in [0.1, 0.15) is 0 Å². The molecular weight excluding hydrogens is 460 g/mol. The second kappa shape index (κ2) is 7.69. The number of carbonyl (C=O) groups is 2. The molecule has 0 saturated heterocycles. The van der Waals surface area contributed by atoms with Gasteiger partial charge in [-0.1, -0.05) is 23.7 Å². The molecule has 0 bridgehead atoms. The van der Waals surface area contributed by atoms with Gasteiger partial charge in [-0.05, 0) is 61.6 Å². The average molecular weight is 479 g/mol. The van der Waals surface area contributed by atoms with E-state index in [0.717, 1.165) is 5.56 Å². The molecule has 0 atom stereocenters. The highest BCUT2D eigenvalue weighted by Crippen LogP contribution is 2.38. The van der Waals surface area contributed by atoms with Crippen molar-refractivity contribution in [2.75, 3.05) is 5.75 Å². The number of aryl methyl sites for hydroxylation is 1. The van der Waals surface area contributed by atoms with E-state index in [2.05, 4.69) is 0 Å². The van der Waals surface area contributed by atoms with E-state index >= 15 is 0 Å². The summed E-state index contributed by atoms with van der Waals surface area (Å²) >= 11 is 6.37. The maximum atomic E-state index is 13.4. The van der Waals surface area contributed by atoms with Crippen LogP contribution in [-0.4, -0.2) is 34.2 Å². The molecule has 0 radical (unpaired) electrons. The van der Waals surface area contributed by atoms with Crippen molar-refractivity contribution in [3.05, 3.63) is 68.6 Å². The Morgan fingerprint density at radius 1 is 1.06 bits per heavy atom. The first-order chi connectivity index (χ1) is 14.5. The Balaban J connectivity index is 1.89. The fourth-order valence-corrected chi connectivity index (χ4v) is 7.77. The largest absolute Gasteiger partial charge is 0.294 e. The van der Waals surface area contributed by atoms with Gasteiger partial charge in [0.2, 0.25) is 9.84 Å². The molecule has 0 aromatic heterocycles. The van der Waals surface area contributed by atoms with Crippen molar-refractivity contribution >= 4 is 42.8 Å². The number of allylic oxidation sites excluding steroid dienone is 2. The predicted octanol–water partition coefficient (Wildman–Crippen LogP) is 3.64. The molecule has 162 valence electrons. The zero-order valence-electron chi connectivity index (χ0n) is 16.6. The Labute approximate surface area is 185 Å². The molecule has 2 aromatic rings. The highest BCUT2D eigenvalue weighted by atomic mass is 35.5. The zero-order valence-corrected chi connectivity index (χ0v) is 19.0. The molecule has 2 aliphatic rings. The van der Waals surface area contributed by atoms with Crippen LogP contribution in [-0.2, 0) is 30.9 Å². The number of benzene rings is 2. The molecule has 0 saturated carbocycles. The smallest absolute Gasteiger partial charge is 0.203 e. The lowest BCUT2D eigenvalue weighted by atomic mass is 9.91. The van der Waals surface area contributed by atoms with E-state index in [0.29, 0.717) is 12.0 Å². The molecule has 1 heterocycles. The van der Waals surface area contributed by atoms with Gasteiger partial charge in [-0.3, -0.25) is 9.59 Å². The van der Waals surface area contributed by atoms with Crippen LogP contribution in [0.5, 0.6) is 0 Å². The van der Waals surface area contributed by atoms with Crippen molar-refractivity contribution < 1.29 is 26.4 Å². The SMILES string of the molecule is Cc1cccc(S(=O)(=O)C2=C(C(=O)c3ccc4c(c3Cl)CCS4(=O)=O)C(=O)CCC2)c1. The van der Waals surface area contributed by atoms with Gasteiger partial charge in [-0.2, -0.15) is 0 Å². The molecule has 4 rings (SSSR count). The van der Waals surface area contributed by atoms with Crippen LogP contribution < -0.4 is 0 Å². The van der Waals surface area contributed by atoms with Crippen LogP contribution in [0.4, 0.5) is 0 Å². The topological polar surface area (TPSA) is 102 Å². The number of hydrogen-bond acceptors (Lipinski definition) is 6. The summed E-state index contributed by atoms with van der Waals surface area (Å²) in [4.78, 5) is 26.0. The molecular formula is C22H19ClO6S2. The summed E-state index contributed by atoms with van der Waals surface area (Å²) < 4.78 is 50.9. The van der Waals surface area contributed by atoms with Crippen LogP contribution in [0.15, 0.2) is 56.7 Å². The molecule has 31 heavy (non-hydrogen) atoms. The van der Waals surface area contributed by atoms with Gasteiger partial charge in [-0.15, -0.1) is 0 Å². The molecule has 1 aliphatic heterocycles. The minimum Gasteiger partial charge on any atom is -0.294 e. The fraction of sp³-hybridized carbons (Fsp3) is 0.273. The van der Waals surface area contributed by atoms with Crippen LogP contribution in [0.2, 0.25) is 5.02 Å². The number of fused-ring (bicyclic) bond motifs is 1. The number of hydrogen-bond donors (Lipinski definition) is 0. The Bertz CT molecular complexity index is 1390. The normalized spacial score (nSPS) is 18.2. The van der Waals surface area contributed by atoms with Gasteiger partial charge in [0.15, 0.2) is 21.4 Å². The molecule has 0 fully saturated rings. The first-order valence-corrected chi connectivity index (χ1v) is 13.2. The lowest BCUT2D eigenvalue weighted by Gasteiger charge is -2.20. The van der Waals surface area contributed by atoms with Gasteiger partial charge < -0.3 is 0 Å². The minimum atomic E-state index is -4.06. The molecule has 0 N–H and O–H groups in total. The third-order valence-corrected chi connectivity index (χ3v) is 9.77. The lowest BCUT2D eigenvalue weighted by Crippen LogP contribution is -2.24. The van der Waals surface area contributed by atoms with Crippen molar-refractivity contribution in [1.82, 2.24) is 0 Å². The van der Waals surface area contributed by atoms with Crippen molar-refractivity contribution in [2.24, 2.45) is 0 Å². The number of carbonyl (C=O) groups excluding carboxylic acids is 2. The zero-order chi connectivity index (χ0) is 22.6. The third kappa shape index (κ3) is 3.66. The summed E-state index contributed by atoms with van der Waals surface area (Å²) in [5.74, 6) is -1.44. The summed E-state index contributed by atoms with van der Waals surface area (Å²) in [5, 5.41) is -0.0400. The van der Waals surface area contributed by atoms with Crippen molar-refractivity contribution in [1.29, 1.82) is 0 Å². The van der Waals surface area contributed by atoms with E-state index in [4.69, 9.17) is 11.6 Å². The minimum absolute atomic E-state index is 0.0219. The van der Waals surface area contributed by atoms with E-state index in [9.17, 15) is 26.4 Å². The van der Waals surface area contributed by atoms with Gasteiger partial charge in [-0.25, -0.2) is 16.8 Å². The molecule has 0 unspecified atom stereocenters. The van der Waals surface area contributed by atoms with Crippen LogP contribution in [0.1, 0.15) is 40.7 Å².